The van der Waals surface area contributed by atoms with Crippen molar-refractivity contribution in [1.29, 1.82) is 0 Å². The topological polar surface area (TPSA) is 41.0 Å². The number of hydrogen-bond donors (Lipinski definition) is 1. The van der Waals surface area contributed by atoms with Gasteiger partial charge < -0.3 is 5.32 Å². The Labute approximate surface area is 115 Å². The third kappa shape index (κ3) is 2.95. The molecule has 0 aromatic carbocycles. The van der Waals surface area contributed by atoms with Crippen LogP contribution in [0.5, 0.6) is 0 Å². The van der Waals surface area contributed by atoms with Crippen molar-refractivity contribution in [3.63, 3.8) is 0 Å². The van der Waals surface area contributed by atoms with Gasteiger partial charge >= 0.3 is 0 Å². The first kappa shape index (κ1) is 13.0. The van der Waals surface area contributed by atoms with Crippen molar-refractivity contribution in [3.8, 4) is 0 Å². The first-order valence-corrected chi connectivity index (χ1v) is 7.42. The zero-order chi connectivity index (χ0) is 13.3. The van der Waals surface area contributed by atoms with Crippen LogP contribution >= 0.6 is 0 Å². The van der Waals surface area contributed by atoms with E-state index in [9.17, 15) is 0 Å². The molecular formula is C15H24N4. The van der Waals surface area contributed by atoms with Gasteiger partial charge in [0.1, 0.15) is 5.82 Å². The summed E-state index contributed by atoms with van der Waals surface area (Å²) in [6.45, 7) is 7.81. The fourth-order valence-corrected chi connectivity index (χ4v) is 3.18. The van der Waals surface area contributed by atoms with E-state index in [1.54, 1.807) is 0 Å². The Balaban J connectivity index is 1.73. The summed E-state index contributed by atoms with van der Waals surface area (Å²) in [5, 5.41) is 3.78. The van der Waals surface area contributed by atoms with Crippen LogP contribution in [0.2, 0.25) is 0 Å². The van der Waals surface area contributed by atoms with Crippen LogP contribution in [0.4, 0.5) is 0 Å². The van der Waals surface area contributed by atoms with E-state index in [1.807, 2.05) is 18.5 Å². The lowest BCUT2D eigenvalue weighted by molar-refractivity contribution is 0.151. The van der Waals surface area contributed by atoms with Gasteiger partial charge in [-0.3, -0.25) is 4.90 Å². The fourth-order valence-electron chi connectivity index (χ4n) is 3.18. The molecule has 1 aliphatic heterocycles. The number of nitrogens with one attached hydrogen (secondary N) is 1. The van der Waals surface area contributed by atoms with Gasteiger partial charge in [-0.15, -0.1) is 0 Å². The van der Waals surface area contributed by atoms with Gasteiger partial charge in [0, 0.05) is 30.5 Å². The molecule has 1 aliphatic carbocycles. The zero-order valence-corrected chi connectivity index (χ0v) is 12.0. The average Bonchev–Trinajstić information content (AvgIpc) is 3.23. The van der Waals surface area contributed by atoms with Crippen LogP contribution in [0, 0.1) is 5.92 Å². The third-order valence-corrected chi connectivity index (χ3v) is 4.69. The van der Waals surface area contributed by atoms with E-state index in [2.05, 4.69) is 34.0 Å². The number of nitrogens with zero attached hydrogens (tertiary/aromatic N) is 3. The normalized spacial score (nSPS) is 33.1. The highest BCUT2D eigenvalue weighted by atomic mass is 15.2. The van der Waals surface area contributed by atoms with Crippen molar-refractivity contribution in [1.82, 2.24) is 20.2 Å². The predicted molar refractivity (Wildman–Crippen MR) is 75.7 cm³/mol. The molecule has 1 N–H and O–H groups in total. The highest BCUT2D eigenvalue weighted by Crippen LogP contribution is 2.41. The zero-order valence-electron chi connectivity index (χ0n) is 12.0. The van der Waals surface area contributed by atoms with Crippen molar-refractivity contribution in [2.24, 2.45) is 5.92 Å². The van der Waals surface area contributed by atoms with Crippen LogP contribution in [-0.2, 0) is 6.54 Å². The summed E-state index contributed by atoms with van der Waals surface area (Å²) in [5.74, 6) is 1.80. The molecule has 1 saturated heterocycles. The molecule has 1 saturated carbocycles. The Bertz CT molecular complexity index is 417. The van der Waals surface area contributed by atoms with Gasteiger partial charge in [-0.25, -0.2) is 9.97 Å². The van der Waals surface area contributed by atoms with Gasteiger partial charge in [0.15, 0.2) is 0 Å². The van der Waals surface area contributed by atoms with Gasteiger partial charge in [0.25, 0.3) is 0 Å². The van der Waals surface area contributed by atoms with Gasteiger partial charge in [-0.05, 0) is 51.6 Å². The average molecular weight is 260 g/mol. The quantitative estimate of drug-likeness (QED) is 0.900. The first-order valence-electron chi connectivity index (χ1n) is 7.42. The maximum absolute atomic E-state index is 4.37. The Morgan fingerprint density at radius 2 is 2.05 bits per heavy atom. The molecule has 2 unspecified atom stereocenters. The van der Waals surface area contributed by atoms with Crippen LogP contribution in [0.25, 0.3) is 0 Å². The second-order valence-corrected chi connectivity index (χ2v) is 6.33. The molecule has 104 valence electrons. The minimum absolute atomic E-state index is 0.277. The molecule has 4 nitrogen and oxygen atoms in total. The summed E-state index contributed by atoms with van der Waals surface area (Å²) >= 11 is 0. The molecule has 2 aliphatic rings. The van der Waals surface area contributed by atoms with Crippen LogP contribution in [0.15, 0.2) is 18.5 Å². The molecule has 4 heteroatoms. The highest BCUT2D eigenvalue weighted by Gasteiger charge is 2.43. The maximum atomic E-state index is 4.37. The summed E-state index contributed by atoms with van der Waals surface area (Å²) in [6, 6.07) is 2.47. The van der Waals surface area contributed by atoms with Crippen molar-refractivity contribution in [3.05, 3.63) is 24.3 Å². The highest BCUT2D eigenvalue weighted by molar-refractivity contribution is 5.02. The number of rotatable bonds is 3. The van der Waals surface area contributed by atoms with Crippen molar-refractivity contribution >= 4 is 0 Å². The van der Waals surface area contributed by atoms with Crippen LogP contribution < -0.4 is 5.32 Å². The second kappa shape index (κ2) is 5.17. The van der Waals surface area contributed by atoms with E-state index in [-0.39, 0.29) is 5.54 Å². The molecule has 3 rings (SSSR count). The monoisotopic (exact) mass is 260 g/mol. The Hall–Kier alpha value is -1.00. The molecule has 0 spiro atoms. The van der Waals surface area contributed by atoms with E-state index in [1.165, 1.54) is 19.3 Å². The third-order valence-electron chi connectivity index (χ3n) is 4.69. The lowest BCUT2D eigenvalue weighted by Gasteiger charge is -2.35. The molecule has 0 bridgehead atoms. The molecule has 1 aromatic rings. The van der Waals surface area contributed by atoms with Gasteiger partial charge in [0.05, 0.1) is 6.54 Å². The van der Waals surface area contributed by atoms with E-state index in [0.29, 0.717) is 6.04 Å². The standard InChI is InChI=1S/C15H24N4/c1-12-6-9-18-15(2,13-4-5-13)11-19(12)10-14-16-7-3-8-17-14/h3,7-8,12-13,18H,4-6,9-11H2,1-2H3. The minimum Gasteiger partial charge on any atom is -0.310 e. The summed E-state index contributed by atoms with van der Waals surface area (Å²) in [7, 11) is 0. The van der Waals surface area contributed by atoms with E-state index < -0.39 is 0 Å². The summed E-state index contributed by atoms with van der Waals surface area (Å²) < 4.78 is 0. The molecule has 0 amide bonds. The van der Waals surface area contributed by atoms with E-state index >= 15 is 0 Å². The van der Waals surface area contributed by atoms with Crippen LogP contribution in [-0.4, -0.2) is 39.5 Å². The van der Waals surface area contributed by atoms with E-state index in [0.717, 1.165) is 31.4 Å². The summed E-state index contributed by atoms with van der Waals surface area (Å²) in [5.41, 5.74) is 0.277. The van der Waals surface area contributed by atoms with E-state index in [4.69, 9.17) is 0 Å². The van der Waals surface area contributed by atoms with Gasteiger partial charge in [-0.2, -0.15) is 0 Å². The predicted octanol–water partition coefficient (Wildman–Crippen LogP) is 1.83. The van der Waals surface area contributed by atoms with Crippen LogP contribution in [0.1, 0.15) is 38.9 Å². The molecular weight excluding hydrogens is 236 g/mol. The van der Waals surface area contributed by atoms with Gasteiger partial charge in [0.2, 0.25) is 0 Å². The lowest BCUT2D eigenvalue weighted by Crippen LogP contribution is -2.51. The summed E-state index contributed by atoms with van der Waals surface area (Å²) in [6.07, 6.45) is 7.64. The Morgan fingerprint density at radius 3 is 2.74 bits per heavy atom. The molecule has 0 radical (unpaired) electrons. The molecule has 19 heavy (non-hydrogen) atoms. The number of aromatic nitrogens is 2. The van der Waals surface area contributed by atoms with Gasteiger partial charge in [-0.1, -0.05) is 0 Å². The lowest BCUT2D eigenvalue weighted by atomic mass is 9.95. The SMILES string of the molecule is CC1CCNC(C)(C2CC2)CN1Cc1ncccn1. The molecule has 2 atom stereocenters. The second-order valence-electron chi connectivity index (χ2n) is 6.33. The molecule has 2 heterocycles. The van der Waals surface area contributed by atoms with Crippen LogP contribution in [0.3, 0.4) is 0 Å². The molecule has 1 aromatic heterocycles. The number of hydrogen-bond acceptors (Lipinski definition) is 4. The summed E-state index contributed by atoms with van der Waals surface area (Å²) in [4.78, 5) is 11.3. The van der Waals surface area contributed by atoms with Crippen molar-refractivity contribution in [2.75, 3.05) is 13.1 Å². The first-order chi connectivity index (χ1) is 9.17. The van der Waals surface area contributed by atoms with Crippen molar-refractivity contribution in [2.45, 2.75) is 51.2 Å². The minimum atomic E-state index is 0.277. The maximum Gasteiger partial charge on any atom is 0.142 e. The van der Waals surface area contributed by atoms with Crippen molar-refractivity contribution < 1.29 is 0 Å². The Morgan fingerprint density at radius 1 is 1.32 bits per heavy atom. The fraction of sp³-hybridized carbons (Fsp3) is 0.733. The molecule has 2 fully saturated rings. The smallest absolute Gasteiger partial charge is 0.142 e. The largest absolute Gasteiger partial charge is 0.310 e. The Kier molecular flexibility index (Phi) is 3.54.